The third kappa shape index (κ3) is 2.85. The van der Waals surface area contributed by atoms with Crippen molar-refractivity contribution in [3.63, 3.8) is 0 Å². The topological polar surface area (TPSA) is 77.8 Å². The SMILES string of the molecule is Nc1cccc(-c2nc(Cc3c(F)cccc3Cl)no2)n1. The van der Waals surface area contributed by atoms with Crippen molar-refractivity contribution in [2.24, 2.45) is 0 Å². The van der Waals surface area contributed by atoms with E-state index in [1.807, 2.05) is 0 Å². The molecule has 7 heteroatoms. The summed E-state index contributed by atoms with van der Waals surface area (Å²) in [7, 11) is 0. The first-order chi connectivity index (χ1) is 10.1. The van der Waals surface area contributed by atoms with Crippen LogP contribution in [-0.2, 0) is 6.42 Å². The number of nitrogen functional groups attached to an aromatic ring is 1. The normalized spacial score (nSPS) is 10.8. The monoisotopic (exact) mass is 304 g/mol. The first-order valence-electron chi connectivity index (χ1n) is 6.12. The molecule has 106 valence electrons. The summed E-state index contributed by atoms with van der Waals surface area (Å²) in [5.74, 6) is 0.492. The molecule has 3 rings (SSSR count). The molecule has 0 atom stereocenters. The van der Waals surface area contributed by atoms with Crippen molar-refractivity contribution >= 4 is 17.4 Å². The van der Waals surface area contributed by atoms with Crippen LogP contribution in [0.3, 0.4) is 0 Å². The number of pyridine rings is 1. The first-order valence-corrected chi connectivity index (χ1v) is 6.49. The number of anilines is 1. The van der Waals surface area contributed by atoms with Crippen LogP contribution >= 0.6 is 11.6 Å². The number of benzene rings is 1. The highest BCUT2D eigenvalue weighted by atomic mass is 35.5. The fraction of sp³-hybridized carbons (Fsp3) is 0.0714. The highest BCUT2D eigenvalue weighted by molar-refractivity contribution is 6.31. The smallest absolute Gasteiger partial charge is 0.276 e. The van der Waals surface area contributed by atoms with Crippen LogP contribution in [0.25, 0.3) is 11.6 Å². The number of hydrogen-bond donors (Lipinski definition) is 1. The predicted molar refractivity (Wildman–Crippen MR) is 76.2 cm³/mol. The van der Waals surface area contributed by atoms with Gasteiger partial charge in [0.15, 0.2) is 5.82 Å². The van der Waals surface area contributed by atoms with E-state index in [0.29, 0.717) is 27.9 Å². The summed E-state index contributed by atoms with van der Waals surface area (Å²) in [6, 6.07) is 9.57. The lowest BCUT2D eigenvalue weighted by Crippen LogP contribution is -1.96. The lowest BCUT2D eigenvalue weighted by molar-refractivity contribution is 0.422. The van der Waals surface area contributed by atoms with Crippen LogP contribution in [0.2, 0.25) is 5.02 Å². The van der Waals surface area contributed by atoms with Gasteiger partial charge >= 0.3 is 0 Å². The molecule has 0 bridgehead atoms. The Morgan fingerprint density at radius 1 is 1.14 bits per heavy atom. The summed E-state index contributed by atoms with van der Waals surface area (Å²) in [5.41, 5.74) is 6.39. The van der Waals surface area contributed by atoms with Crippen molar-refractivity contribution in [3.05, 3.63) is 58.6 Å². The Hall–Kier alpha value is -2.47. The van der Waals surface area contributed by atoms with E-state index in [1.54, 1.807) is 30.3 Å². The average molecular weight is 305 g/mol. The Bertz CT molecular complexity index is 770. The van der Waals surface area contributed by atoms with Gasteiger partial charge in [-0.1, -0.05) is 28.9 Å². The third-order valence-electron chi connectivity index (χ3n) is 2.85. The second-order valence-electron chi connectivity index (χ2n) is 4.34. The van der Waals surface area contributed by atoms with Gasteiger partial charge in [-0.15, -0.1) is 0 Å². The van der Waals surface area contributed by atoms with Gasteiger partial charge in [-0.3, -0.25) is 0 Å². The Kier molecular flexibility index (Phi) is 3.53. The fourth-order valence-corrected chi connectivity index (χ4v) is 2.09. The lowest BCUT2D eigenvalue weighted by atomic mass is 10.1. The molecule has 0 saturated carbocycles. The molecular formula is C14H10ClFN4O. The minimum Gasteiger partial charge on any atom is -0.384 e. The van der Waals surface area contributed by atoms with Crippen LogP contribution in [-0.4, -0.2) is 15.1 Å². The number of rotatable bonds is 3. The highest BCUT2D eigenvalue weighted by Gasteiger charge is 2.14. The molecule has 0 aliphatic rings. The zero-order chi connectivity index (χ0) is 14.8. The predicted octanol–water partition coefficient (Wildman–Crippen LogP) is 3.10. The largest absolute Gasteiger partial charge is 0.384 e. The number of nitrogens with two attached hydrogens (primary N) is 1. The van der Waals surface area contributed by atoms with Crippen molar-refractivity contribution < 1.29 is 8.91 Å². The molecule has 0 aliphatic heterocycles. The molecule has 3 aromatic rings. The van der Waals surface area contributed by atoms with E-state index in [4.69, 9.17) is 21.9 Å². The van der Waals surface area contributed by atoms with E-state index < -0.39 is 5.82 Å². The zero-order valence-electron chi connectivity index (χ0n) is 10.8. The average Bonchev–Trinajstić information content (AvgIpc) is 2.92. The van der Waals surface area contributed by atoms with Crippen LogP contribution in [0, 0.1) is 5.82 Å². The van der Waals surface area contributed by atoms with Crippen molar-refractivity contribution in [2.75, 3.05) is 5.73 Å². The molecule has 1 aromatic carbocycles. The highest BCUT2D eigenvalue weighted by Crippen LogP contribution is 2.22. The molecule has 0 unspecified atom stereocenters. The summed E-state index contributed by atoms with van der Waals surface area (Å²) in [4.78, 5) is 8.26. The minimum atomic E-state index is -0.407. The molecule has 2 heterocycles. The van der Waals surface area contributed by atoms with Crippen LogP contribution in [0.5, 0.6) is 0 Å². The fourth-order valence-electron chi connectivity index (χ4n) is 1.86. The summed E-state index contributed by atoms with van der Waals surface area (Å²) in [6.07, 6.45) is 0.136. The second-order valence-corrected chi connectivity index (χ2v) is 4.75. The summed E-state index contributed by atoms with van der Waals surface area (Å²) in [5, 5.41) is 4.13. The van der Waals surface area contributed by atoms with E-state index in [1.165, 1.54) is 6.07 Å². The van der Waals surface area contributed by atoms with E-state index in [2.05, 4.69) is 15.1 Å². The molecule has 21 heavy (non-hydrogen) atoms. The maximum absolute atomic E-state index is 13.7. The van der Waals surface area contributed by atoms with Gasteiger partial charge < -0.3 is 10.3 Å². The second kappa shape index (κ2) is 5.49. The first kappa shape index (κ1) is 13.5. The van der Waals surface area contributed by atoms with Gasteiger partial charge in [0, 0.05) is 17.0 Å². The van der Waals surface area contributed by atoms with Crippen molar-refractivity contribution in [1.29, 1.82) is 0 Å². The third-order valence-corrected chi connectivity index (χ3v) is 3.21. The maximum atomic E-state index is 13.7. The van der Waals surface area contributed by atoms with Crippen LogP contribution in [0.1, 0.15) is 11.4 Å². The van der Waals surface area contributed by atoms with Gasteiger partial charge in [-0.25, -0.2) is 9.37 Å². The minimum absolute atomic E-state index is 0.136. The van der Waals surface area contributed by atoms with Crippen molar-refractivity contribution in [3.8, 4) is 11.6 Å². The molecular weight excluding hydrogens is 295 g/mol. The van der Waals surface area contributed by atoms with E-state index in [9.17, 15) is 4.39 Å². The summed E-state index contributed by atoms with van der Waals surface area (Å²) >= 11 is 5.97. The van der Waals surface area contributed by atoms with E-state index >= 15 is 0 Å². The molecule has 0 fully saturated rings. The van der Waals surface area contributed by atoms with Crippen LogP contribution in [0.4, 0.5) is 10.2 Å². The van der Waals surface area contributed by atoms with E-state index in [-0.39, 0.29) is 12.3 Å². The Balaban J connectivity index is 1.89. The number of hydrogen-bond acceptors (Lipinski definition) is 5. The van der Waals surface area contributed by atoms with Gasteiger partial charge in [-0.05, 0) is 24.3 Å². The molecule has 0 amide bonds. The number of nitrogens with zero attached hydrogens (tertiary/aromatic N) is 3. The number of aromatic nitrogens is 3. The van der Waals surface area contributed by atoms with Gasteiger partial charge in [0.1, 0.15) is 17.3 Å². The molecule has 5 nitrogen and oxygen atoms in total. The Labute approximate surface area is 124 Å². The maximum Gasteiger partial charge on any atom is 0.276 e. The van der Waals surface area contributed by atoms with Crippen molar-refractivity contribution in [2.45, 2.75) is 6.42 Å². The van der Waals surface area contributed by atoms with Crippen LogP contribution in [0.15, 0.2) is 40.9 Å². The van der Waals surface area contributed by atoms with Gasteiger partial charge in [0.05, 0.1) is 0 Å². The summed E-state index contributed by atoms with van der Waals surface area (Å²) < 4.78 is 18.8. The molecule has 0 saturated heterocycles. The van der Waals surface area contributed by atoms with Gasteiger partial charge in [-0.2, -0.15) is 4.98 Å². The standard InChI is InChI=1S/C14H10ClFN4O/c15-9-3-1-4-10(16)8(9)7-13-19-14(21-20-13)11-5-2-6-12(17)18-11/h1-6H,7H2,(H2,17,18). The van der Waals surface area contributed by atoms with Crippen molar-refractivity contribution in [1.82, 2.24) is 15.1 Å². The molecule has 0 aliphatic carbocycles. The Morgan fingerprint density at radius 2 is 1.95 bits per heavy atom. The molecule has 0 radical (unpaired) electrons. The van der Waals surface area contributed by atoms with Gasteiger partial charge in [0.2, 0.25) is 0 Å². The Morgan fingerprint density at radius 3 is 2.71 bits per heavy atom. The molecule has 2 aromatic heterocycles. The van der Waals surface area contributed by atoms with Gasteiger partial charge in [0.25, 0.3) is 5.89 Å². The molecule has 2 N–H and O–H groups in total. The van der Waals surface area contributed by atoms with Crippen LogP contribution < -0.4 is 5.73 Å². The quantitative estimate of drug-likeness (QED) is 0.804. The lowest BCUT2D eigenvalue weighted by Gasteiger charge is -2.01. The molecule has 0 spiro atoms. The zero-order valence-corrected chi connectivity index (χ0v) is 11.5. The van der Waals surface area contributed by atoms with E-state index in [0.717, 1.165) is 0 Å². The number of halogens is 2. The summed E-state index contributed by atoms with van der Waals surface area (Å²) in [6.45, 7) is 0.